The molecule has 3 aromatic carbocycles. The van der Waals surface area contributed by atoms with E-state index in [0.717, 1.165) is 26.7 Å². The number of para-hydroxylation sites is 2. The quantitative estimate of drug-likeness (QED) is 0.376. The second-order valence-corrected chi connectivity index (χ2v) is 8.55. The van der Waals surface area contributed by atoms with Crippen LogP contribution in [-0.4, -0.2) is 18.3 Å². The molecule has 0 aliphatic carbocycles. The van der Waals surface area contributed by atoms with E-state index in [1.54, 1.807) is 30.3 Å². The van der Waals surface area contributed by atoms with Gasteiger partial charge in [-0.25, -0.2) is 4.90 Å². The fourth-order valence-corrected chi connectivity index (χ4v) is 4.33. The molecule has 2 amide bonds. The Bertz CT molecular complexity index is 1160. The minimum atomic E-state index is -0.395. The number of carbonyl (C=O) groups is 2. The van der Waals surface area contributed by atoms with Gasteiger partial charge in [-0.3, -0.25) is 9.59 Å². The minimum Gasteiger partial charge on any atom is -0.495 e. The number of hydrogen-bond donors (Lipinski definition) is 0. The van der Waals surface area contributed by atoms with Crippen molar-refractivity contribution in [1.82, 2.24) is 0 Å². The fourth-order valence-electron chi connectivity index (χ4n) is 3.13. The first-order valence-electron chi connectivity index (χ1n) is 9.44. The smallest absolute Gasteiger partial charge is 0.298 e. The minimum absolute atomic E-state index is 0.318. The van der Waals surface area contributed by atoms with Gasteiger partial charge >= 0.3 is 0 Å². The maximum Gasteiger partial charge on any atom is 0.298 e. The third-order valence-electron chi connectivity index (χ3n) is 4.62. The molecule has 0 bridgehead atoms. The van der Waals surface area contributed by atoms with E-state index in [0.29, 0.717) is 34.3 Å². The molecule has 1 aliphatic rings. The molecule has 1 aliphatic heterocycles. The Balaban J connectivity index is 1.63. The van der Waals surface area contributed by atoms with Gasteiger partial charge in [0.15, 0.2) is 0 Å². The summed E-state index contributed by atoms with van der Waals surface area (Å²) in [4.78, 5) is 27.2. The molecule has 1 saturated heterocycles. The van der Waals surface area contributed by atoms with Crippen LogP contribution in [0.4, 0.5) is 10.5 Å². The van der Waals surface area contributed by atoms with Crippen molar-refractivity contribution in [1.29, 1.82) is 0 Å². The largest absolute Gasteiger partial charge is 0.495 e. The van der Waals surface area contributed by atoms with Crippen LogP contribution in [0.5, 0.6) is 11.5 Å². The molecule has 0 saturated carbocycles. The highest BCUT2D eigenvalue weighted by Crippen LogP contribution is 2.40. The molecule has 0 unspecified atom stereocenters. The maximum absolute atomic E-state index is 13.1. The molecule has 0 spiro atoms. The Labute approximate surface area is 192 Å². The van der Waals surface area contributed by atoms with Gasteiger partial charge in [-0.1, -0.05) is 58.4 Å². The summed E-state index contributed by atoms with van der Waals surface area (Å²) in [5.41, 5.74) is 2.16. The first kappa shape index (κ1) is 21.2. The Hall–Kier alpha value is -3.03. The Morgan fingerprint density at radius 2 is 1.71 bits per heavy atom. The van der Waals surface area contributed by atoms with Crippen LogP contribution in [-0.2, 0) is 11.4 Å². The number of imide groups is 1. The van der Waals surface area contributed by atoms with Gasteiger partial charge in [-0.2, -0.15) is 0 Å². The Morgan fingerprint density at radius 1 is 0.968 bits per heavy atom. The predicted octanol–water partition coefficient (Wildman–Crippen LogP) is 6.28. The van der Waals surface area contributed by atoms with Crippen LogP contribution in [0.15, 0.2) is 82.2 Å². The third-order valence-corrected chi connectivity index (χ3v) is 5.98. The summed E-state index contributed by atoms with van der Waals surface area (Å²) in [5, 5.41) is -0.373. The summed E-state index contributed by atoms with van der Waals surface area (Å²) in [6.07, 6.45) is 1.69. The van der Waals surface area contributed by atoms with Crippen LogP contribution in [0.3, 0.4) is 0 Å². The standard InChI is InChI=1S/C24H18BrNO4S/c1-29-21-10-6-5-9-19(21)26-23(27)22(31-24(26)28)14-17-13-18(25)11-12-20(17)30-15-16-7-3-2-4-8-16/h2-14H,15H2,1H3/b22-14-. The lowest BCUT2D eigenvalue weighted by atomic mass is 10.1. The molecule has 0 radical (unpaired) electrons. The van der Waals surface area contributed by atoms with Crippen molar-refractivity contribution < 1.29 is 19.1 Å². The number of nitrogens with zero attached hydrogens (tertiary/aromatic N) is 1. The lowest BCUT2D eigenvalue weighted by molar-refractivity contribution is -0.113. The molecule has 5 nitrogen and oxygen atoms in total. The van der Waals surface area contributed by atoms with Gasteiger partial charge < -0.3 is 9.47 Å². The van der Waals surface area contributed by atoms with Crippen LogP contribution < -0.4 is 14.4 Å². The number of thioether (sulfide) groups is 1. The summed E-state index contributed by atoms with van der Waals surface area (Å²) in [5.74, 6) is 0.685. The molecule has 3 aromatic rings. The van der Waals surface area contributed by atoms with Gasteiger partial charge in [-0.15, -0.1) is 0 Å². The molecule has 0 N–H and O–H groups in total. The number of anilines is 1. The van der Waals surface area contributed by atoms with Crippen LogP contribution in [0.2, 0.25) is 0 Å². The van der Waals surface area contributed by atoms with Gasteiger partial charge in [0.25, 0.3) is 11.1 Å². The molecule has 156 valence electrons. The molecule has 0 atom stereocenters. The Kier molecular flexibility index (Phi) is 6.44. The van der Waals surface area contributed by atoms with Crippen molar-refractivity contribution in [2.45, 2.75) is 6.61 Å². The second kappa shape index (κ2) is 9.41. The summed E-state index contributed by atoms with van der Waals surface area (Å²) < 4.78 is 12.2. The van der Waals surface area contributed by atoms with E-state index in [1.807, 2.05) is 48.5 Å². The SMILES string of the molecule is COc1ccccc1N1C(=O)S/C(=C\c2cc(Br)ccc2OCc2ccccc2)C1=O. The van der Waals surface area contributed by atoms with E-state index < -0.39 is 5.91 Å². The van der Waals surface area contributed by atoms with E-state index in [-0.39, 0.29) is 5.24 Å². The van der Waals surface area contributed by atoms with E-state index in [4.69, 9.17) is 9.47 Å². The lowest BCUT2D eigenvalue weighted by Crippen LogP contribution is -2.28. The van der Waals surface area contributed by atoms with Gasteiger partial charge in [0.1, 0.15) is 18.1 Å². The van der Waals surface area contributed by atoms with E-state index in [9.17, 15) is 9.59 Å². The topological polar surface area (TPSA) is 55.8 Å². The van der Waals surface area contributed by atoms with Gasteiger partial charge in [0.2, 0.25) is 0 Å². The van der Waals surface area contributed by atoms with Crippen molar-refractivity contribution in [3.8, 4) is 11.5 Å². The van der Waals surface area contributed by atoms with Crippen molar-refractivity contribution in [2.24, 2.45) is 0 Å². The number of carbonyl (C=O) groups excluding carboxylic acids is 2. The molecule has 1 heterocycles. The average Bonchev–Trinajstić information content (AvgIpc) is 3.06. The van der Waals surface area contributed by atoms with Crippen molar-refractivity contribution >= 4 is 50.6 Å². The van der Waals surface area contributed by atoms with Crippen LogP contribution in [0.1, 0.15) is 11.1 Å². The monoisotopic (exact) mass is 495 g/mol. The number of methoxy groups -OCH3 is 1. The highest BCUT2D eigenvalue weighted by atomic mass is 79.9. The number of ether oxygens (including phenoxy) is 2. The summed E-state index contributed by atoms with van der Waals surface area (Å²) in [6, 6.07) is 22.3. The zero-order chi connectivity index (χ0) is 21.8. The van der Waals surface area contributed by atoms with Gasteiger partial charge in [0, 0.05) is 10.0 Å². The molecular formula is C24H18BrNO4S. The highest BCUT2D eigenvalue weighted by Gasteiger charge is 2.37. The molecular weight excluding hydrogens is 478 g/mol. The average molecular weight is 496 g/mol. The van der Waals surface area contributed by atoms with E-state index in [2.05, 4.69) is 15.9 Å². The molecule has 4 rings (SSSR count). The lowest BCUT2D eigenvalue weighted by Gasteiger charge is -2.15. The fraction of sp³-hybridized carbons (Fsp3) is 0.0833. The summed E-state index contributed by atoms with van der Waals surface area (Å²) in [6.45, 7) is 0.395. The van der Waals surface area contributed by atoms with Crippen LogP contribution in [0.25, 0.3) is 6.08 Å². The second-order valence-electron chi connectivity index (χ2n) is 6.65. The predicted molar refractivity (Wildman–Crippen MR) is 126 cm³/mol. The van der Waals surface area contributed by atoms with Crippen LogP contribution >= 0.6 is 27.7 Å². The van der Waals surface area contributed by atoms with Crippen molar-refractivity contribution in [2.75, 3.05) is 12.0 Å². The number of benzene rings is 3. The number of rotatable bonds is 6. The molecule has 0 aromatic heterocycles. The highest BCUT2D eigenvalue weighted by molar-refractivity contribution is 9.10. The first-order valence-corrected chi connectivity index (χ1v) is 11.0. The van der Waals surface area contributed by atoms with Gasteiger partial charge in [-0.05, 0) is 53.7 Å². The maximum atomic E-state index is 13.1. The Morgan fingerprint density at radius 3 is 2.48 bits per heavy atom. The number of hydrogen-bond acceptors (Lipinski definition) is 5. The third kappa shape index (κ3) is 4.68. The van der Waals surface area contributed by atoms with E-state index in [1.165, 1.54) is 7.11 Å². The van der Waals surface area contributed by atoms with E-state index >= 15 is 0 Å². The molecule has 1 fully saturated rings. The van der Waals surface area contributed by atoms with Crippen molar-refractivity contribution in [3.05, 3.63) is 93.3 Å². The molecule has 31 heavy (non-hydrogen) atoms. The number of halogens is 1. The first-order chi connectivity index (χ1) is 15.1. The zero-order valence-electron chi connectivity index (χ0n) is 16.6. The van der Waals surface area contributed by atoms with Gasteiger partial charge in [0.05, 0.1) is 17.7 Å². The number of amides is 2. The zero-order valence-corrected chi connectivity index (χ0v) is 19.0. The van der Waals surface area contributed by atoms with Crippen LogP contribution in [0, 0.1) is 0 Å². The van der Waals surface area contributed by atoms with Crippen molar-refractivity contribution in [3.63, 3.8) is 0 Å². The molecule has 7 heteroatoms. The summed E-state index contributed by atoms with van der Waals surface area (Å²) >= 11 is 4.36. The summed E-state index contributed by atoms with van der Waals surface area (Å²) in [7, 11) is 1.51. The normalized spacial score (nSPS) is 14.9.